The largest absolute Gasteiger partial charge is 0.463 e. The van der Waals surface area contributed by atoms with Crippen LogP contribution in [0.1, 0.15) is 27.5 Å². The zero-order valence-corrected chi connectivity index (χ0v) is 13.0. The van der Waals surface area contributed by atoms with Gasteiger partial charge in [0.2, 0.25) is 0 Å². The summed E-state index contributed by atoms with van der Waals surface area (Å²) in [6.45, 7) is 4.11. The Labute approximate surface area is 134 Å². The lowest BCUT2D eigenvalue weighted by Crippen LogP contribution is -2.17. The number of hydrogen-bond acceptors (Lipinski definition) is 3. The van der Waals surface area contributed by atoms with Gasteiger partial charge in [0.25, 0.3) is 5.91 Å². The van der Waals surface area contributed by atoms with Gasteiger partial charge in [-0.2, -0.15) is 5.10 Å². The number of furan rings is 1. The standard InChI is InChI=1S/C18H17N3O2/c1-13-5-6-14(2)21(13)16-9-7-15(8-10-16)18(22)20-19-12-17-4-3-11-23-17/h3-12H,1-2H3,(H,20,22). The van der Waals surface area contributed by atoms with Gasteiger partial charge in [0.15, 0.2) is 0 Å². The van der Waals surface area contributed by atoms with E-state index in [0.29, 0.717) is 11.3 Å². The Kier molecular flexibility index (Phi) is 4.10. The Bertz CT molecular complexity index is 808. The van der Waals surface area contributed by atoms with Crippen LogP contribution in [0.5, 0.6) is 0 Å². The Hall–Kier alpha value is -3.08. The van der Waals surface area contributed by atoms with Crippen LogP contribution in [0.4, 0.5) is 0 Å². The molecule has 0 aliphatic heterocycles. The SMILES string of the molecule is Cc1ccc(C)n1-c1ccc(C(=O)NN=Cc2ccco2)cc1. The summed E-state index contributed by atoms with van der Waals surface area (Å²) in [5.74, 6) is 0.319. The first kappa shape index (κ1) is 14.8. The number of rotatable bonds is 4. The second kappa shape index (κ2) is 6.36. The molecule has 23 heavy (non-hydrogen) atoms. The van der Waals surface area contributed by atoms with Crippen molar-refractivity contribution in [2.24, 2.45) is 5.10 Å². The molecule has 116 valence electrons. The summed E-state index contributed by atoms with van der Waals surface area (Å²) in [5.41, 5.74) is 6.37. The van der Waals surface area contributed by atoms with E-state index in [9.17, 15) is 4.79 Å². The number of nitrogens with zero attached hydrogens (tertiary/aromatic N) is 2. The molecular weight excluding hydrogens is 290 g/mol. The second-order valence-corrected chi connectivity index (χ2v) is 5.21. The van der Waals surface area contributed by atoms with Gasteiger partial charge in [0, 0.05) is 22.6 Å². The number of carbonyl (C=O) groups excluding carboxylic acids is 1. The Morgan fingerprint density at radius 1 is 1.09 bits per heavy atom. The van der Waals surface area contributed by atoms with E-state index >= 15 is 0 Å². The highest BCUT2D eigenvalue weighted by atomic mass is 16.3. The van der Waals surface area contributed by atoms with Crippen molar-refractivity contribution in [3.05, 3.63) is 77.5 Å². The van der Waals surface area contributed by atoms with Crippen LogP contribution in [0.3, 0.4) is 0 Å². The van der Waals surface area contributed by atoms with E-state index in [4.69, 9.17) is 4.42 Å². The van der Waals surface area contributed by atoms with Crippen LogP contribution >= 0.6 is 0 Å². The predicted molar refractivity (Wildman–Crippen MR) is 89.0 cm³/mol. The van der Waals surface area contributed by atoms with E-state index in [1.165, 1.54) is 6.21 Å². The number of hydrazone groups is 1. The molecule has 0 atom stereocenters. The number of carbonyl (C=O) groups is 1. The zero-order chi connectivity index (χ0) is 16.2. The van der Waals surface area contributed by atoms with Gasteiger partial charge in [-0.05, 0) is 62.4 Å². The molecule has 1 N–H and O–H groups in total. The van der Waals surface area contributed by atoms with Gasteiger partial charge >= 0.3 is 0 Å². The zero-order valence-electron chi connectivity index (χ0n) is 13.0. The summed E-state index contributed by atoms with van der Waals surface area (Å²) in [6, 6.07) is 15.1. The third-order valence-corrected chi connectivity index (χ3v) is 3.56. The molecule has 5 heteroatoms. The first-order valence-corrected chi connectivity index (χ1v) is 7.27. The van der Waals surface area contributed by atoms with E-state index < -0.39 is 0 Å². The molecule has 0 fully saturated rings. The molecule has 0 bridgehead atoms. The maximum Gasteiger partial charge on any atom is 0.271 e. The van der Waals surface area contributed by atoms with E-state index in [0.717, 1.165) is 17.1 Å². The number of amides is 1. The quantitative estimate of drug-likeness (QED) is 0.593. The summed E-state index contributed by atoms with van der Waals surface area (Å²) in [7, 11) is 0. The lowest BCUT2D eigenvalue weighted by atomic mass is 10.2. The highest BCUT2D eigenvalue weighted by molar-refractivity contribution is 5.94. The summed E-state index contributed by atoms with van der Waals surface area (Å²) in [5, 5.41) is 3.87. The average molecular weight is 307 g/mol. The van der Waals surface area contributed by atoms with E-state index in [2.05, 4.69) is 41.1 Å². The van der Waals surface area contributed by atoms with Crippen LogP contribution in [-0.2, 0) is 0 Å². The fourth-order valence-corrected chi connectivity index (χ4v) is 2.42. The van der Waals surface area contributed by atoms with Gasteiger partial charge in [0.1, 0.15) is 5.76 Å². The van der Waals surface area contributed by atoms with Gasteiger partial charge in [-0.25, -0.2) is 5.43 Å². The van der Waals surface area contributed by atoms with Crippen molar-refractivity contribution >= 4 is 12.1 Å². The summed E-state index contributed by atoms with van der Waals surface area (Å²) < 4.78 is 7.23. The molecule has 0 aliphatic rings. The van der Waals surface area contributed by atoms with Crippen molar-refractivity contribution < 1.29 is 9.21 Å². The predicted octanol–water partition coefficient (Wildman–Crippen LogP) is 3.45. The molecule has 0 saturated heterocycles. The highest BCUT2D eigenvalue weighted by Gasteiger charge is 2.07. The van der Waals surface area contributed by atoms with E-state index in [-0.39, 0.29) is 5.91 Å². The maximum absolute atomic E-state index is 12.0. The second-order valence-electron chi connectivity index (χ2n) is 5.21. The summed E-state index contributed by atoms with van der Waals surface area (Å²) in [6.07, 6.45) is 3.01. The average Bonchev–Trinajstić information content (AvgIpc) is 3.18. The minimum absolute atomic E-state index is 0.264. The first-order chi connectivity index (χ1) is 11.1. The van der Waals surface area contributed by atoms with Crippen molar-refractivity contribution in [1.82, 2.24) is 9.99 Å². The van der Waals surface area contributed by atoms with Crippen molar-refractivity contribution in [3.63, 3.8) is 0 Å². The van der Waals surface area contributed by atoms with Crippen LogP contribution in [0.25, 0.3) is 5.69 Å². The Morgan fingerprint density at radius 2 is 1.78 bits per heavy atom. The topological polar surface area (TPSA) is 59.5 Å². The number of aromatic nitrogens is 1. The molecule has 3 aromatic rings. The third kappa shape index (κ3) is 3.23. The number of nitrogens with one attached hydrogen (secondary N) is 1. The minimum atomic E-state index is -0.264. The number of hydrogen-bond donors (Lipinski definition) is 1. The molecule has 3 rings (SSSR count). The lowest BCUT2D eigenvalue weighted by molar-refractivity contribution is 0.0955. The summed E-state index contributed by atoms with van der Waals surface area (Å²) >= 11 is 0. The lowest BCUT2D eigenvalue weighted by Gasteiger charge is -2.09. The molecule has 2 heterocycles. The van der Waals surface area contributed by atoms with Crippen LogP contribution in [-0.4, -0.2) is 16.7 Å². The van der Waals surface area contributed by atoms with Gasteiger partial charge in [-0.1, -0.05) is 0 Å². The van der Waals surface area contributed by atoms with Crippen LogP contribution < -0.4 is 5.43 Å². The van der Waals surface area contributed by atoms with E-state index in [1.807, 2.05) is 12.1 Å². The van der Waals surface area contributed by atoms with Gasteiger partial charge in [-0.3, -0.25) is 4.79 Å². The number of aryl methyl sites for hydroxylation is 2. The van der Waals surface area contributed by atoms with Gasteiger partial charge in [-0.15, -0.1) is 0 Å². The first-order valence-electron chi connectivity index (χ1n) is 7.27. The van der Waals surface area contributed by atoms with Crippen molar-refractivity contribution in [2.45, 2.75) is 13.8 Å². The van der Waals surface area contributed by atoms with Crippen LogP contribution in [0.15, 0.2) is 64.3 Å². The fraction of sp³-hybridized carbons (Fsp3) is 0.111. The Morgan fingerprint density at radius 3 is 2.39 bits per heavy atom. The molecule has 1 amide bonds. The van der Waals surface area contributed by atoms with Crippen LogP contribution in [0, 0.1) is 13.8 Å². The highest BCUT2D eigenvalue weighted by Crippen LogP contribution is 2.16. The monoisotopic (exact) mass is 307 g/mol. The molecule has 0 unspecified atom stereocenters. The summed E-state index contributed by atoms with van der Waals surface area (Å²) in [4.78, 5) is 12.0. The minimum Gasteiger partial charge on any atom is -0.463 e. The fourth-order valence-electron chi connectivity index (χ4n) is 2.42. The van der Waals surface area contributed by atoms with Crippen LogP contribution in [0.2, 0.25) is 0 Å². The van der Waals surface area contributed by atoms with Crippen molar-refractivity contribution in [2.75, 3.05) is 0 Å². The molecule has 1 aromatic carbocycles. The number of benzene rings is 1. The van der Waals surface area contributed by atoms with Crippen molar-refractivity contribution in [3.8, 4) is 5.69 Å². The smallest absolute Gasteiger partial charge is 0.271 e. The van der Waals surface area contributed by atoms with Gasteiger partial charge < -0.3 is 8.98 Å². The molecule has 2 aromatic heterocycles. The van der Waals surface area contributed by atoms with Gasteiger partial charge in [0.05, 0.1) is 12.5 Å². The molecular formula is C18H17N3O2. The Balaban J connectivity index is 1.71. The third-order valence-electron chi connectivity index (χ3n) is 3.56. The molecule has 0 spiro atoms. The van der Waals surface area contributed by atoms with Crippen molar-refractivity contribution in [1.29, 1.82) is 0 Å². The normalized spacial score (nSPS) is 11.0. The molecule has 0 radical (unpaired) electrons. The molecule has 0 saturated carbocycles. The van der Waals surface area contributed by atoms with E-state index in [1.54, 1.807) is 30.5 Å². The molecule has 5 nitrogen and oxygen atoms in total. The maximum atomic E-state index is 12.0. The molecule has 0 aliphatic carbocycles.